The lowest BCUT2D eigenvalue weighted by molar-refractivity contribution is 0.403. The van der Waals surface area contributed by atoms with Crippen molar-refractivity contribution in [2.75, 3.05) is 9.80 Å². The normalized spacial score (nSPS) is 18.3. The summed E-state index contributed by atoms with van der Waals surface area (Å²) in [5, 5.41) is 5.30. The van der Waals surface area contributed by atoms with Gasteiger partial charge in [-0.2, -0.15) is 0 Å². The van der Waals surface area contributed by atoms with Crippen LogP contribution in [0.3, 0.4) is 0 Å². The van der Waals surface area contributed by atoms with Crippen molar-refractivity contribution < 1.29 is 0 Å². The van der Waals surface area contributed by atoms with Crippen molar-refractivity contribution in [3.8, 4) is 0 Å². The molecule has 0 bridgehead atoms. The Morgan fingerprint density at radius 3 is 1.43 bits per heavy atom. The van der Waals surface area contributed by atoms with Gasteiger partial charge in [-0.1, -0.05) is 184 Å². The van der Waals surface area contributed by atoms with E-state index in [4.69, 9.17) is 0 Å². The van der Waals surface area contributed by atoms with Crippen molar-refractivity contribution in [3.63, 3.8) is 0 Å². The van der Waals surface area contributed by atoms with Crippen LogP contribution in [-0.4, -0.2) is 11.1 Å². The number of benzene rings is 7. The molecular weight excluding hydrogens is 870 g/mol. The van der Waals surface area contributed by atoms with Crippen LogP contribution in [0.15, 0.2) is 115 Å². The summed E-state index contributed by atoms with van der Waals surface area (Å²) in [7, 11) is 0. The average Bonchev–Trinajstić information content (AvgIpc) is 3.93. The lowest BCUT2D eigenvalue weighted by Crippen LogP contribution is -2.61. The zero-order valence-electron chi connectivity index (χ0n) is 46.3. The molecule has 7 aromatic carbocycles. The van der Waals surface area contributed by atoms with Gasteiger partial charge in [0.25, 0.3) is 6.71 Å². The molecule has 4 heterocycles. The minimum atomic E-state index is -0.0732. The number of aromatic nitrogens is 1. The van der Waals surface area contributed by atoms with E-state index in [9.17, 15) is 0 Å². The molecule has 72 heavy (non-hydrogen) atoms. The first-order chi connectivity index (χ1) is 33.6. The summed E-state index contributed by atoms with van der Waals surface area (Å²) in [4.78, 5) is 5.55. The Balaban J connectivity index is 1.29. The Morgan fingerprint density at radius 2 is 0.889 bits per heavy atom. The molecule has 4 heteroatoms. The Bertz CT molecular complexity index is 3800. The number of para-hydroxylation sites is 2. The van der Waals surface area contributed by atoms with E-state index >= 15 is 0 Å². The molecule has 4 aliphatic rings. The number of rotatable bonds is 2. The van der Waals surface area contributed by atoms with Crippen LogP contribution in [0, 0.1) is 0 Å². The van der Waals surface area contributed by atoms with Crippen molar-refractivity contribution in [3.05, 3.63) is 154 Å². The van der Waals surface area contributed by atoms with Crippen LogP contribution in [0.5, 0.6) is 0 Å². The summed E-state index contributed by atoms with van der Waals surface area (Å²) in [5.74, 6) is 0. The summed E-state index contributed by atoms with van der Waals surface area (Å²) in [5.41, 5.74) is 25.8. The predicted octanol–water partition coefficient (Wildman–Crippen LogP) is 16.7. The highest BCUT2D eigenvalue weighted by Crippen LogP contribution is 2.58. The molecule has 0 N–H and O–H groups in total. The van der Waals surface area contributed by atoms with E-state index in [2.05, 4.69) is 247 Å². The van der Waals surface area contributed by atoms with E-state index < -0.39 is 0 Å². The van der Waals surface area contributed by atoms with Gasteiger partial charge in [-0.05, 0) is 155 Å². The second kappa shape index (κ2) is 14.0. The Hall–Kier alpha value is -6.00. The van der Waals surface area contributed by atoms with Gasteiger partial charge in [0, 0.05) is 44.3 Å². The molecular formula is C68H74BN3. The topological polar surface area (TPSA) is 10.9 Å². The van der Waals surface area contributed by atoms with Crippen molar-refractivity contribution in [1.82, 2.24) is 4.40 Å². The molecule has 2 aliphatic heterocycles. The Morgan fingerprint density at radius 1 is 0.417 bits per heavy atom. The molecule has 0 amide bonds. The van der Waals surface area contributed by atoms with E-state index in [1.807, 2.05) is 0 Å². The highest BCUT2D eigenvalue weighted by molar-refractivity contribution is 7.01. The smallest absolute Gasteiger partial charge is 0.252 e. The van der Waals surface area contributed by atoms with Gasteiger partial charge in [-0.15, -0.1) is 0 Å². The quantitative estimate of drug-likeness (QED) is 0.160. The number of hydrogen-bond acceptors (Lipinski definition) is 2. The van der Waals surface area contributed by atoms with Crippen molar-refractivity contribution >= 4 is 95.3 Å². The molecule has 0 fully saturated rings. The van der Waals surface area contributed by atoms with Gasteiger partial charge in [0.2, 0.25) is 0 Å². The van der Waals surface area contributed by atoms with E-state index in [0.717, 1.165) is 12.8 Å². The van der Waals surface area contributed by atoms with Crippen LogP contribution in [0.4, 0.5) is 34.1 Å². The molecule has 3 nitrogen and oxygen atoms in total. The minimum Gasteiger partial charge on any atom is -0.311 e. The monoisotopic (exact) mass is 944 g/mol. The molecule has 0 unspecified atom stereocenters. The van der Waals surface area contributed by atoms with Crippen LogP contribution in [0.1, 0.15) is 169 Å². The third-order valence-electron chi connectivity index (χ3n) is 18.3. The van der Waals surface area contributed by atoms with E-state index in [1.165, 1.54) is 128 Å². The van der Waals surface area contributed by atoms with Gasteiger partial charge in [0.1, 0.15) is 0 Å². The van der Waals surface area contributed by atoms with Gasteiger partial charge >= 0.3 is 0 Å². The molecule has 0 spiro atoms. The minimum absolute atomic E-state index is 0.0143. The zero-order valence-corrected chi connectivity index (χ0v) is 46.3. The second-order valence-corrected chi connectivity index (χ2v) is 28.6. The second-order valence-electron chi connectivity index (χ2n) is 28.6. The summed E-state index contributed by atoms with van der Waals surface area (Å²) in [6.45, 7) is 41.2. The van der Waals surface area contributed by atoms with Gasteiger partial charge < -0.3 is 14.2 Å². The van der Waals surface area contributed by atoms with Crippen molar-refractivity contribution in [1.29, 1.82) is 0 Å². The fourth-order valence-electron chi connectivity index (χ4n) is 15.2. The van der Waals surface area contributed by atoms with Crippen LogP contribution in [0.2, 0.25) is 0 Å². The first-order valence-electron chi connectivity index (χ1n) is 27.1. The highest BCUT2D eigenvalue weighted by atomic mass is 15.2. The number of anilines is 6. The van der Waals surface area contributed by atoms with Crippen LogP contribution >= 0.6 is 0 Å². The van der Waals surface area contributed by atoms with Crippen LogP contribution in [-0.2, 0) is 37.9 Å². The zero-order chi connectivity index (χ0) is 50.9. The summed E-state index contributed by atoms with van der Waals surface area (Å²) >= 11 is 0. The fourth-order valence-corrected chi connectivity index (χ4v) is 15.2. The maximum Gasteiger partial charge on any atom is 0.252 e. The summed E-state index contributed by atoms with van der Waals surface area (Å²) in [6.07, 6.45) is 2.24. The van der Waals surface area contributed by atoms with E-state index in [1.54, 1.807) is 0 Å². The van der Waals surface area contributed by atoms with E-state index in [-0.39, 0.29) is 44.6 Å². The molecule has 0 saturated heterocycles. The standard InChI is InChI=1S/C68H74BN3/c1-62(2,3)39-26-29-50-54(33-39)71(43-31-40(63(4,5)6)30-41(32-43)64(7,8)9)61-57-45-23-19-21-25-53(45)72-52-24-20-18-22-44(52)56(59(57)72)60-58(61)69(50)51-35-48-49(68(16,17)38-67(48,14)15)36-55(51)70(60)42-27-28-46-47(34-42)66(12,13)37-65(46,10)11/h18-36H,37-38H2,1-17H3. The van der Waals surface area contributed by atoms with Crippen molar-refractivity contribution in [2.45, 2.75) is 168 Å². The van der Waals surface area contributed by atoms with Crippen molar-refractivity contribution in [2.24, 2.45) is 0 Å². The van der Waals surface area contributed by atoms with Gasteiger partial charge in [0.05, 0.1) is 27.9 Å². The average molecular weight is 944 g/mol. The van der Waals surface area contributed by atoms with Gasteiger partial charge in [-0.3, -0.25) is 0 Å². The summed E-state index contributed by atoms with van der Waals surface area (Å²) in [6, 6.07) is 46.7. The SMILES string of the molecule is CC(C)(C)c1cc(N2c3cc(C(C)(C)C)ccc3B3c4cc5c(cc4N(c4ccc6c(c4)C(C)(C)CC6(C)C)c4c3c2c2c3ccccc3n3c6ccccc6c4c23)C(C)(C)CC5(C)C)cc(C(C)(C)C)c1. The lowest BCUT2D eigenvalue weighted by Gasteiger charge is -2.46. The van der Waals surface area contributed by atoms with Gasteiger partial charge in [0.15, 0.2) is 0 Å². The molecule has 9 aromatic rings. The maximum atomic E-state index is 2.78. The number of fused-ring (bicyclic) bond motifs is 14. The molecule has 0 saturated carbocycles. The largest absolute Gasteiger partial charge is 0.311 e. The Kier molecular flexibility index (Phi) is 8.90. The third-order valence-corrected chi connectivity index (χ3v) is 18.3. The molecule has 2 aromatic heterocycles. The molecule has 13 rings (SSSR count). The van der Waals surface area contributed by atoms with Crippen LogP contribution < -0.4 is 26.2 Å². The molecule has 0 radical (unpaired) electrons. The van der Waals surface area contributed by atoms with Gasteiger partial charge in [-0.25, -0.2) is 0 Å². The molecule has 364 valence electrons. The molecule has 0 atom stereocenters. The first-order valence-corrected chi connectivity index (χ1v) is 27.1. The summed E-state index contributed by atoms with van der Waals surface area (Å²) < 4.78 is 2.63. The Labute approximate surface area is 430 Å². The maximum absolute atomic E-state index is 2.78. The fraction of sp³-hybridized carbons (Fsp3) is 0.382. The lowest BCUT2D eigenvalue weighted by atomic mass is 9.33. The molecule has 2 aliphatic carbocycles. The van der Waals surface area contributed by atoms with E-state index in [0.29, 0.717) is 0 Å². The predicted molar refractivity (Wildman–Crippen MR) is 313 cm³/mol. The highest BCUT2D eigenvalue weighted by Gasteiger charge is 2.51. The third kappa shape index (κ3) is 6.10. The first kappa shape index (κ1) is 45.8. The number of nitrogens with zero attached hydrogens (tertiary/aromatic N) is 3. The number of hydrogen-bond donors (Lipinski definition) is 0. The van der Waals surface area contributed by atoms with Crippen LogP contribution in [0.25, 0.3) is 38.1 Å².